The molecule has 22 heavy (non-hydrogen) atoms. The summed E-state index contributed by atoms with van der Waals surface area (Å²) in [5.74, 6) is 1.73. The van der Waals surface area contributed by atoms with Crippen molar-refractivity contribution in [3.05, 3.63) is 41.0 Å². The fourth-order valence-electron chi connectivity index (χ4n) is 2.96. The number of anilines is 1. The van der Waals surface area contributed by atoms with Crippen LogP contribution in [-0.4, -0.2) is 37.8 Å². The Bertz CT molecular complexity index is 830. The van der Waals surface area contributed by atoms with Crippen molar-refractivity contribution in [1.82, 2.24) is 24.7 Å². The molecular formula is C15H15BrN6. The Morgan fingerprint density at radius 1 is 1.32 bits per heavy atom. The van der Waals surface area contributed by atoms with E-state index in [2.05, 4.69) is 40.9 Å². The zero-order valence-electron chi connectivity index (χ0n) is 12.1. The average molecular weight is 359 g/mol. The molecule has 1 atom stereocenters. The third kappa shape index (κ3) is 2.35. The van der Waals surface area contributed by atoms with Crippen molar-refractivity contribution in [2.75, 3.05) is 18.0 Å². The van der Waals surface area contributed by atoms with Gasteiger partial charge < -0.3 is 4.90 Å². The standard InChI is InChI=1S/C15H15BrN6/c1-10-19-14-13(3-2-5-17-14)15(20-10)21-6-4-12(9-21)22-8-11(16)7-18-22/h2-3,5,7-8,12H,4,6,9H2,1H3. The highest BCUT2D eigenvalue weighted by molar-refractivity contribution is 9.10. The number of hydrogen-bond donors (Lipinski definition) is 0. The summed E-state index contributed by atoms with van der Waals surface area (Å²) in [7, 11) is 0. The van der Waals surface area contributed by atoms with Crippen LogP contribution in [0.25, 0.3) is 11.0 Å². The van der Waals surface area contributed by atoms with Crippen LogP contribution in [0.2, 0.25) is 0 Å². The molecule has 0 amide bonds. The van der Waals surface area contributed by atoms with Crippen molar-refractivity contribution >= 4 is 32.8 Å². The highest BCUT2D eigenvalue weighted by atomic mass is 79.9. The molecule has 0 aromatic carbocycles. The van der Waals surface area contributed by atoms with Crippen molar-refractivity contribution in [2.45, 2.75) is 19.4 Å². The molecule has 4 heterocycles. The van der Waals surface area contributed by atoms with E-state index in [1.54, 1.807) is 6.20 Å². The minimum atomic E-state index is 0.369. The summed E-state index contributed by atoms with van der Waals surface area (Å²) in [6.07, 6.45) is 6.68. The molecule has 0 bridgehead atoms. The van der Waals surface area contributed by atoms with E-state index < -0.39 is 0 Å². The Kier molecular flexibility index (Phi) is 3.29. The maximum atomic E-state index is 4.65. The molecule has 0 spiro atoms. The van der Waals surface area contributed by atoms with Gasteiger partial charge in [0, 0.05) is 25.5 Å². The highest BCUT2D eigenvalue weighted by Gasteiger charge is 2.27. The van der Waals surface area contributed by atoms with E-state index >= 15 is 0 Å². The number of nitrogens with zero attached hydrogens (tertiary/aromatic N) is 6. The van der Waals surface area contributed by atoms with Gasteiger partial charge in [0.1, 0.15) is 11.6 Å². The summed E-state index contributed by atoms with van der Waals surface area (Å²) < 4.78 is 3.04. The number of aromatic nitrogens is 5. The summed E-state index contributed by atoms with van der Waals surface area (Å²) in [6.45, 7) is 3.77. The first kappa shape index (κ1) is 13.6. The molecule has 4 rings (SSSR count). The maximum absolute atomic E-state index is 4.65. The summed E-state index contributed by atoms with van der Waals surface area (Å²) in [5.41, 5.74) is 0.760. The first-order valence-corrected chi connectivity index (χ1v) is 8.04. The van der Waals surface area contributed by atoms with Crippen LogP contribution in [0, 0.1) is 6.92 Å². The third-order valence-electron chi connectivity index (χ3n) is 3.97. The second-order valence-corrected chi connectivity index (χ2v) is 6.41. The van der Waals surface area contributed by atoms with E-state index in [4.69, 9.17) is 0 Å². The van der Waals surface area contributed by atoms with E-state index in [0.717, 1.165) is 46.7 Å². The van der Waals surface area contributed by atoms with Crippen LogP contribution in [0.3, 0.4) is 0 Å². The Labute approximate surface area is 136 Å². The van der Waals surface area contributed by atoms with Crippen LogP contribution in [0.1, 0.15) is 18.3 Å². The lowest BCUT2D eigenvalue weighted by molar-refractivity contribution is 0.494. The van der Waals surface area contributed by atoms with Crippen molar-refractivity contribution in [3.8, 4) is 0 Å². The van der Waals surface area contributed by atoms with Crippen LogP contribution in [0.15, 0.2) is 35.2 Å². The molecule has 112 valence electrons. The lowest BCUT2D eigenvalue weighted by Gasteiger charge is -2.19. The Morgan fingerprint density at radius 2 is 2.23 bits per heavy atom. The van der Waals surface area contributed by atoms with E-state index in [1.807, 2.05) is 36.1 Å². The molecule has 0 radical (unpaired) electrons. The maximum Gasteiger partial charge on any atom is 0.164 e. The van der Waals surface area contributed by atoms with Gasteiger partial charge in [0.25, 0.3) is 0 Å². The minimum Gasteiger partial charge on any atom is -0.354 e. The number of hydrogen-bond acceptors (Lipinski definition) is 5. The average Bonchev–Trinajstić information content (AvgIpc) is 3.15. The van der Waals surface area contributed by atoms with Crippen molar-refractivity contribution in [1.29, 1.82) is 0 Å². The van der Waals surface area contributed by atoms with Gasteiger partial charge in [-0.3, -0.25) is 4.68 Å². The Balaban J connectivity index is 1.68. The molecule has 1 unspecified atom stereocenters. The number of aryl methyl sites for hydroxylation is 1. The first-order chi connectivity index (χ1) is 10.7. The fraction of sp³-hybridized carbons (Fsp3) is 0.333. The molecule has 6 nitrogen and oxygen atoms in total. The third-order valence-corrected chi connectivity index (χ3v) is 4.38. The Morgan fingerprint density at radius 3 is 3.05 bits per heavy atom. The fourth-order valence-corrected chi connectivity index (χ4v) is 3.26. The zero-order chi connectivity index (χ0) is 15.1. The normalized spacial score (nSPS) is 18.3. The van der Waals surface area contributed by atoms with E-state index in [9.17, 15) is 0 Å². The van der Waals surface area contributed by atoms with Gasteiger partial charge in [-0.05, 0) is 41.4 Å². The predicted molar refractivity (Wildman–Crippen MR) is 87.9 cm³/mol. The smallest absolute Gasteiger partial charge is 0.164 e. The minimum absolute atomic E-state index is 0.369. The lowest BCUT2D eigenvalue weighted by atomic mass is 10.3. The molecule has 3 aromatic rings. The van der Waals surface area contributed by atoms with Crippen LogP contribution in [0.5, 0.6) is 0 Å². The van der Waals surface area contributed by atoms with Gasteiger partial charge in [0.15, 0.2) is 5.65 Å². The van der Waals surface area contributed by atoms with Crippen LogP contribution in [-0.2, 0) is 0 Å². The van der Waals surface area contributed by atoms with E-state index in [-0.39, 0.29) is 0 Å². The molecule has 1 aliphatic heterocycles. The van der Waals surface area contributed by atoms with Gasteiger partial charge in [-0.25, -0.2) is 15.0 Å². The molecular weight excluding hydrogens is 344 g/mol. The topological polar surface area (TPSA) is 59.7 Å². The second kappa shape index (κ2) is 5.31. The van der Waals surface area contributed by atoms with Crippen LogP contribution in [0.4, 0.5) is 5.82 Å². The number of pyridine rings is 1. The lowest BCUT2D eigenvalue weighted by Crippen LogP contribution is -2.23. The SMILES string of the molecule is Cc1nc(N2CCC(n3cc(Br)cn3)C2)c2cccnc2n1. The summed E-state index contributed by atoms with van der Waals surface area (Å²) >= 11 is 3.46. The van der Waals surface area contributed by atoms with Gasteiger partial charge >= 0.3 is 0 Å². The van der Waals surface area contributed by atoms with Crippen molar-refractivity contribution in [2.24, 2.45) is 0 Å². The number of halogens is 1. The van der Waals surface area contributed by atoms with E-state index in [1.165, 1.54) is 0 Å². The largest absolute Gasteiger partial charge is 0.354 e. The molecule has 1 saturated heterocycles. The molecule has 1 aliphatic rings. The van der Waals surface area contributed by atoms with Gasteiger partial charge in [0.05, 0.1) is 22.1 Å². The summed E-state index contributed by atoms with van der Waals surface area (Å²) in [5, 5.41) is 5.41. The second-order valence-electron chi connectivity index (χ2n) is 5.50. The molecule has 0 N–H and O–H groups in total. The van der Waals surface area contributed by atoms with E-state index in [0.29, 0.717) is 6.04 Å². The number of fused-ring (bicyclic) bond motifs is 1. The number of rotatable bonds is 2. The van der Waals surface area contributed by atoms with Gasteiger partial charge in [0.2, 0.25) is 0 Å². The highest BCUT2D eigenvalue weighted by Crippen LogP contribution is 2.30. The van der Waals surface area contributed by atoms with Crippen molar-refractivity contribution < 1.29 is 0 Å². The first-order valence-electron chi connectivity index (χ1n) is 7.25. The van der Waals surface area contributed by atoms with Crippen LogP contribution >= 0.6 is 15.9 Å². The molecule has 0 aliphatic carbocycles. The van der Waals surface area contributed by atoms with Gasteiger partial charge in [-0.15, -0.1) is 0 Å². The molecule has 7 heteroatoms. The summed E-state index contributed by atoms with van der Waals surface area (Å²) in [6, 6.07) is 4.34. The molecule has 3 aromatic heterocycles. The Hall–Kier alpha value is -2.02. The van der Waals surface area contributed by atoms with Crippen LogP contribution < -0.4 is 4.90 Å². The zero-order valence-corrected chi connectivity index (χ0v) is 13.7. The quantitative estimate of drug-likeness (QED) is 0.704. The predicted octanol–water partition coefficient (Wildman–Crippen LogP) is 2.74. The monoisotopic (exact) mass is 358 g/mol. The van der Waals surface area contributed by atoms with Gasteiger partial charge in [-0.2, -0.15) is 5.10 Å². The molecule has 0 saturated carbocycles. The van der Waals surface area contributed by atoms with Gasteiger partial charge in [-0.1, -0.05) is 0 Å². The summed E-state index contributed by atoms with van der Waals surface area (Å²) in [4.78, 5) is 15.7. The van der Waals surface area contributed by atoms with Crippen molar-refractivity contribution in [3.63, 3.8) is 0 Å². The molecule has 1 fully saturated rings.